The second-order valence-corrected chi connectivity index (χ2v) is 4.08. The van der Waals surface area contributed by atoms with Crippen molar-refractivity contribution in [3.05, 3.63) is 17.3 Å². The van der Waals surface area contributed by atoms with Crippen molar-refractivity contribution >= 4 is 16.2 Å². The number of carbonyl (C=O) groups excluding carboxylic acids is 1. The van der Waals surface area contributed by atoms with E-state index in [0.717, 1.165) is 6.20 Å². The first-order valence-corrected chi connectivity index (χ1v) is 5.53. The summed E-state index contributed by atoms with van der Waals surface area (Å²) in [5, 5.41) is -0.578. The molecule has 7 heteroatoms. The van der Waals surface area contributed by atoms with Crippen LogP contribution in [0.1, 0.15) is 22.8 Å². The van der Waals surface area contributed by atoms with E-state index in [0.29, 0.717) is 0 Å². The van der Waals surface area contributed by atoms with Crippen LogP contribution >= 0.6 is 0 Å². The minimum Gasteiger partial charge on any atom is -0.465 e. The molecular formula is C8H10FNO4S. The van der Waals surface area contributed by atoms with Gasteiger partial charge in [0.2, 0.25) is 0 Å². The number of methoxy groups -OCH3 is 1. The van der Waals surface area contributed by atoms with Crippen LogP contribution in [0, 0.1) is 0 Å². The zero-order valence-corrected chi connectivity index (χ0v) is 9.02. The SMILES string of the molecule is CCc1c(C(=O)OC)c[nH]c1S(=O)(=O)F. The van der Waals surface area contributed by atoms with Crippen LogP contribution in [0.25, 0.3) is 0 Å². The number of H-pyrrole nitrogens is 1. The molecule has 84 valence electrons. The molecule has 1 heterocycles. The zero-order valence-electron chi connectivity index (χ0n) is 8.20. The van der Waals surface area contributed by atoms with Gasteiger partial charge in [0.15, 0.2) is 5.03 Å². The number of hydrogen-bond donors (Lipinski definition) is 1. The van der Waals surface area contributed by atoms with Crippen molar-refractivity contribution in [3.63, 3.8) is 0 Å². The van der Waals surface area contributed by atoms with Crippen molar-refractivity contribution in [1.29, 1.82) is 0 Å². The van der Waals surface area contributed by atoms with E-state index in [4.69, 9.17) is 0 Å². The molecule has 0 bridgehead atoms. The molecular weight excluding hydrogens is 225 g/mol. The van der Waals surface area contributed by atoms with Crippen molar-refractivity contribution in [2.24, 2.45) is 0 Å². The van der Waals surface area contributed by atoms with Gasteiger partial charge >= 0.3 is 16.2 Å². The van der Waals surface area contributed by atoms with Crippen LogP contribution in [-0.2, 0) is 21.4 Å². The van der Waals surface area contributed by atoms with Crippen molar-refractivity contribution in [2.45, 2.75) is 18.4 Å². The fourth-order valence-corrected chi connectivity index (χ4v) is 2.04. The van der Waals surface area contributed by atoms with Gasteiger partial charge < -0.3 is 9.72 Å². The Balaban J connectivity index is 3.36. The van der Waals surface area contributed by atoms with Crippen LogP contribution in [0.2, 0.25) is 0 Å². The van der Waals surface area contributed by atoms with Gasteiger partial charge in [0, 0.05) is 11.8 Å². The zero-order chi connectivity index (χ0) is 11.6. The molecule has 0 aliphatic rings. The molecule has 0 aromatic carbocycles. The maximum absolute atomic E-state index is 12.7. The summed E-state index contributed by atoms with van der Waals surface area (Å²) in [6, 6.07) is 0. The van der Waals surface area contributed by atoms with Gasteiger partial charge in [0.25, 0.3) is 0 Å². The van der Waals surface area contributed by atoms with Gasteiger partial charge in [0.05, 0.1) is 12.7 Å². The summed E-state index contributed by atoms with van der Waals surface area (Å²) in [7, 11) is -3.66. The summed E-state index contributed by atoms with van der Waals surface area (Å²) in [6.45, 7) is 1.62. The summed E-state index contributed by atoms with van der Waals surface area (Å²) >= 11 is 0. The van der Waals surface area contributed by atoms with E-state index in [1.54, 1.807) is 6.92 Å². The van der Waals surface area contributed by atoms with Crippen LogP contribution in [0.4, 0.5) is 3.89 Å². The van der Waals surface area contributed by atoms with Gasteiger partial charge in [-0.05, 0) is 6.42 Å². The molecule has 0 radical (unpaired) electrons. The highest BCUT2D eigenvalue weighted by molar-refractivity contribution is 7.86. The van der Waals surface area contributed by atoms with Crippen molar-refractivity contribution < 1.29 is 21.8 Å². The Labute approximate surface area is 86.5 Å². The van der Waals surface area contributed by atoms with Crippen LogP contribution in [-0.4, -0.2) is 26.5 Å². The van der Waals surface area contributed by atoms with Gasteiger partial charge in [-0.15, -0.1) is 0 Å². The first-order chi connectivity index (χ1) is 6.91. The summed E-state index contributed by atoms with van der Waals surface area (Å²) < 4.78 is 38.5. The predicted octanol–water partition coefficient (Wildman–Crippen LogP) is 1.02. The fourth-order valence-electron chi connectivity index (χ4n) is 1.29. The lowest BCUT2D eigenvalue weighted by Gasteiger charge is -2.00. The Kier molecular flexibility index (Phi) is 3.13. The average molecular weight is 235 g/mol. The molecule has 1 rings (SSSR count). The molecule has 15 heavy (non-hydrogen) atoms. The third kappa shape index (κ3) is 2.17. The first kappa shape index (κ1) is 11.7. The highest BCUT2D eigenvalue weighted by atomic mass is 32.3. The Morgan fingerprint density at radius 1 is 1.60 bits per heavy atom. The Morgan fingerprint density at radius 3 is 2.60 bits per heavy atom. The summed E-state index contributed by atoms with van der Waals surface area (Å²) in [5.41, 5.74) is 0.139. The molecule has 0 saturated carbocycles. The van der Waals surface area contributed by atoms with Crippen molar-refractivity contribution in [2.75, 3.05) is 7.11 Å². The standard InChI is InChI=1S/C8H10FNO4S/c1-3-5-6(8(11)14-2)4-10-7(5)15(9,12)13/h4,10H,3H2,1-2H3. The topological polar surface area (TPSA) is 76.2 Å². The minimum atomic E-state index is -4.83. The van der Waals surface area contributed by atoms with Gasteiger partial charge in [-0.25, -0.2) is 4.79 Å². The predicted molar refractivity (Wildman–Crippen MR) is 49.8 cm³/mol. The van der Waals surface area contributed by atoms with E-state index in [-0.39, 0.29) is 17.5 Å². The molecule has 0 saturated heterocycles. The number of aromatic nitrogens is 1. The van der Waals surface area contributed by atoms with Gasteiger partial charge in [-0.3, -0.25) is 0 Å². The molecule has 0 atom stereocenters. The fraction of sp³-hybridized carbons (Fsp3) is 0.375. The number of nitrogens with one attached hydrogen (secondary N) is 1. The number of carbonyl (C=O) groups is 1. The van der Waals surface area contributed by atoms with E-state index >= 15 is 0 Å². The second kappa shape index (κ2) is 4.01. The summed E-state index contributed by atoms with van der Waals surface area (Å²) in [6.07, 6.45) is 1.34. The second-order valence-electron chi connectivity index (χ2n) is 2.79. The van der Waals surface area contributed by atoms with E-state index in [2.05, 4.69) is 9.72 Å². The lowest BCUT2D eigenvalue weighted by atomic mass is 10.1. The normalized spacial score (nSPS) is 11.4. The Morgan fingerprint density at radius 2 is 2.20 bits per heavy atom. The highest BCUT2D eigenvalue weighted by Gasteiger charge is 2.24. The molecule has 1 aromatic heterocycles. The van der Waals surface area contributed by atoms with E-state index in [9.17, 15) is 17.1 Å². The molecule has 1 N–H and O–H groups in total. The Bertz CT molecular complexity index is 477. The number of esters is 1. The van der Waals surface area contributed by atoms with Gasteiger partial charge in [0.1, 0.15) is 0 Å². The molecule has 5 nitrogen and oxygen atoms in total. The third-order valence-corrected chi connectivity index (χ3v) is 2.80. The van der Waals surface area contributed by atoms with Crippen LogP contribution in [0.3, 0.4) is 0 Å². The highest BCUT2D eigenvalue weighted by Crippen LogP contribution is 2.21. The molecule has 0 aliphatic heterocycles. The van der Waals surface area contributed by atoms with Crippen LogP contribution in [0.15, 0.2) is 11.2 Å². The number of ether oxygens (including phenoxy) is 1. The van der Waals surface area contributed by atoms with Crippen molar-refractivity contribution in [3.8, 4) is 0 Å². The quantitative estimate of drug-likeness (QED) is 0.627. The maximum atomic E-state index is 12.7. The third-order valence-electron chi connectivity index (χ3n) is 1.95. The maximum Gasteiger partial charge on any atom is 0.347 e. The molecule has 0 fully saturated rings. The molecule has 1 aromatic rings. The molecule has 0 amide bonds. The summed E-state index contributed by atoms with van der Waals surface area (Å²) in [5.74, 6) is -0.696. The first-order valence-electron chi connectivity index (χ1n) is 4.15. The van der Waals surface area contributed by atoms with E-state index in [1.807, 2.05) is 0 Å². The van der Waals surface area contributed by atoms with E-state index in [1.165, 1.54) is 7.11 Å². The smallest absolute Gasteiger partial charge is 0.347 e. The van der Waals surface area contributed by atoms with Crippen LogP contribution < -0.4 is 0 Å². The molecule has 0 aliphatic carbocycles. The van der Waals surface area contributed by atoms with Crippen molar-refractivity contribution in [1.82, 2.24) is 4.98 Å². The van der Waals surface area contributed by atoms with Crippen LogP contribution in [0.5, 0.6) is 0 Å². The molecule has 0 unspecified atom stereocenters. The number of aromatic amines is 1. The lowest BCUT2D eigenvalue weighted by molar-refractivity contribution is 0.0599. The van der Waals surface area contributed by atoms with E-state index < -0.39 is 21.2 Å². The van der Waals surface area contributed by atoms with Gasteiger partial charge in [-0.2, -0.15) is 8.42 Å². The number of hydrogen-bond acceptors (Lipinski definition) is 4. The minimum absolute atomic E-state index is 0.0382. The van der Waals surface area contributed by atoms with Gasteiger partial charge in [-0.1, -0.05) is 10.8 Å². The monoisotopic (exact) mass is 235 g/mol. The largest absolute Gasteiger partial charge is 0.465 e. The number of halogens is 1. The average Bonchev–Trinajstić information content (AvgIpc) is 2.59. The summed E-state index contributed by atoms with van der Waals surface area (Å²) in [4.78, 5) is 13.4. The lowest BCUT2D eigenvalue weighted by Crippen LogP contribution is -2.04. The Hall–Kier alpha value is -1.37. The molecule has 0 spiro atoms. The number of rotatable bonds is 3.